The van der Waals surface area contributed by atoms with Crippen molar-refractivity contribution in [2.45, 2.75) is 38.5 Å². The summed E-state index contributed by atoms with van der Waals surface area (Å²) in [6.07, 6.45) is 7.53. The van der Waals surface area contributed by atoms with Crippen molar-refractivity contribution in [1.29, 1.82) is 0 Å². The summed E-state index contributed by atoms with van der Waals surface area (Å²) in [5.74, 6) is -0.268. The van der Waals surface area contributed by atoms with Gasteiger partial charge in [0.15, 0.2) is 0 Å². The van der Waals surface area contributed by atoms with Crippen molar-refractivity contribution in [2.24, 2.45) is 11.7 Å². The normalized spacial score (nSPS) is 16.9. The molecule has 0 aliphatic heterocycles. The molecule has 0 spiro atoms. The number of anilines is 1. The minimum absolute atomic E-state index is 0.335. The zero-order valence-electron chi connectivity index (χ0n) is 11.1. The molecule has 104 valence electrons. The summed E-state index contributed by atoms with van der Waals surface area (Å²) >= 11 is 0. The monoisotopic (exact) mass is 264 g/mol. The first-order valence-electron chi connectivity index (χ1n) is 7.00. The lowest BCUT2D eigenvalue weighted by atomic mass is 10.0. The lowest BCUT2D eigenvalue weighted by molar-refractivity contribution is 0.100. The van der Waals surface area contributed by atoms with Crippen LogP contribution in [0.15, 0.2) is 18.2 Å². The highest BCUT2D eigenvalue weighted by Crippen LogP contribution is 2.24. The Kier molecular flexibility index (Phi) is 4.77. The second kappa shape index (κ2) is 6.55. The average molecular weight is 264 g/mol. The van der Waals surface area contributed by atoms with Gasteiger partial charge in [-0.2, -0.15) is 0 Å². The van der Waals surface area contributed by atoms with E-state index in [9.17, 15) is 9.18 Å². The lowest BCUT2D eigenvalue weighted by Crippen LogP contribution is -2.16. The smallest absolute Gasteiger partial charge is 0.248 e. The van der Waals surface area contributed by atoms with Crippen molar-refractivity contribution < 1.29 is 9.18 Å². The Bertz CT molecular complexity index is 440. The summed E-state index contributed by atoms with van der Waals surface area (Å²) < 4.78 is 13.7. The molecular formula is C15H21FN2O. The molecule has 0 bridgehead atoms. The maximum Gasteiger partial charge on any atom is 0.248 e. The minimum Gasteiger partial charge on any atom is -0.382 e. The van der Waals surface area contributed by atoms with Crippen molar-refractivity contribution in [1.82, 2.24) is 0 Å². The van der Waals surface area contributed by atoms with Gasteiger partial charge >= 0.3 is 0 Å². The minimum atomic E-state index is -0.530. The number of rotatable bonds is 4. The molecule has 0 atom stereocenters. The predicted molar refractivity (Wildman–Crippen MR) is 74.6 cm³/mol. The van der Waals surface area contributed by atoms with Crippen LogP contribution in [-0.2, 0) is 0 Å². The number of carbonyl (C=O) groups is 1. The molecule has 1 aromatic carbocycles. The van der Waals surface area contributed by atoms with Crippen LogP contribution in [0.2, 0.25) is 0 Å². The van der Waals surface area contributed by atoms with Crippen LogP contribution >= 0.6 is 0 Å². The quantitative estimate of drug-likeness (QED) is 0.820. The molecular weight excluding hydrogens is 243 g/mol. The number of hydrogen-bond acceptors (Lipinski definition) is 2. The SMILES string of the molecule is NC(=O)c1ccc(F)c(NCC2CCCCCC2)c1. The first-order valence-corrected chi connectivity index (χ1v) is 7.00. The molecule has 4 heteroatoms. The zero-order valence-corrected chi connectivity index (χ0v) is 11.1. The van der Waals surface area contributed by atoms with E-state index in [-0.39, 0.29) is 5.82 Å². The zero-order chi connectivity index (χ0) is 13.7. The molecule has 0 radical (unpaired) electrons. The molecule has 0 aromatic heterocycles. The van der Waals surface area contributed by atoms with Gasteiger partial charge in [0, 0.05) is 12.1 Å². The van der Waals surface area contributed by atoms with Gasteiger partial charge in [0.2, 0.25) is 5.91 Å². The van der Waals surface area contributed by atoms with Gasteiger partial charge in [0.1, 0.15) is 5.82 Å². The Labute approximate surface area is 113 Å². The number of hydrogen-bond donors (Lipinski definition) is 2. The topological polar surface area (TPSA) is 55.1 Å². The number of nitrogens with one attached hydrogen (secondary N) is 1. The highest BCUT2D eigenvalue weighted by atomic mass is 19.1. The second-order valence-electron chi connectivity index (χ2n) is 5.30. The maximum atomic E-state index is 13.7. The van der Waals surface area contributed by atoms with E-state index in [1.54, 1.807) is 0 Å². The summed E-state index contributed by atoms with van der Waals surface area (Å²) in [6, 6.07) is 4.19. The van der Waals surface area contributed by atoms with Gasteiger partial charge in [-0.3, -0.25) is 4.79 Å². The predicted octanol–water partition coefficient (Wildman–Crippen LogP) is 3.31. The maximum absolute atomic E-state index is 13.7. The highest BCUT2D eigenvalue weighted by Gasteiger charge is 2.13. The Morgan fingerprint density at radius 3 is 2.58 bits per heavy atom. The first-order chi connectivity index (χ1) is 9.16. The van der Waals surface area contributed by atoms with Crippen LogP contribution in [0.3, 0.4) is 0 Å². The fraction of sp³-hybridized carbons (Fsp3) is 0.533. The molecule has 1 amide bonds. The van der Waals surface area contributed by atoms with Gasteiger partial charge in [0.05, 0.1) is 5.69 Å². The summed E-state index contributed by atoms with van der Waals surface area (Å²) in [5.41, 5.74) is 5.92. The van der Waals surface area contributed by atoms with Gasteiger partial charge in [-0.1, -0.05) is 25.7 Å². The number of nitrogens with two attached hydrogens (primary N) is 1. The van der Waals surface area contributed by atoms with Gasteiger partial charge < -0.3 is 11.1 Å². The first kappa shape index (κ1) is 13.8. The largest absolute Gasteiger partial charge is 0.382 e. The molecule has 3 nitrogen and oxygen atoms in total. The average Bonchev–Trinajstić information content (AvgIpc) is 2.66. The molecule has 1 saturated carbocycles. The molecule has 0 heterocycles. The Hall–Kier alpha value is -1.58. The third-order valence-electron chi connectivity index (χ3n) is 3.81. The van der Waals surface area contributed by atoms with Crippen LogP contribution in [-0.4, -0.2) is 12.5 Å². The van der Waals surface area contributed by atoms with E-state index in [1.807, 2.05) is 0 Å². The molecule has 2 rings (SSSR count). The molecule has 1 aromatic rings. The number of primary amides is 1. The van der Waals surface area contributed by atoms with Crippen LogP contribution in [0.25, 0.3) is 0 Å². The molecule has 1 fully saturated rings. The van der Waals surface area contributed by atoms with E-state index < -0.39 is 5.91 Å². The Morgan fingerprint density at radius 1 is 1.26 bits per heavy atom. The lowest BCUT2D eigenvalue weighted by Gasteiger charge is -2.16. The van der Waals surface area contributed by atoms with Crippen molar-refractivity contribution in [3.05, 3.63) is 29.6 Å². The van der Waals surface area contributed by atoms with Gasteiger partial charge in [-0.25, -0.2) is 4.39 Å². The molecule has 0 saturated heterocycles. The van der Waals surface area contributed by atoms with E-state index in [0.29, 0.717) is 17.2 Å². The number of carbonyl (C=O) groups excluding carboxylic acids is 1. The van der Waals surface area contributed by atoms with Gasteiger partial charge in [0.25, 0.3) is 0 Å². The summed E-state index contributed by atoms with van der Waals surface area (Å²) in [7, 11) is 0. The second-order valence-corrected chi connectivity index (χ2v) is 5.30. The fourth-order valence-corrected chi connectivity index (χ4v) is 2.64. The fourth-order valence-electron chi connectivity index (χ4n) is 2.64. The standard InChI is InChI=1S/C15H21FN2O/c16-13-8-7-12(15(17)19)9-14(13)18-10-11-5-3-1-2-4-6-11/h7-9,11,18H,1-6,10H2,(H2,17,19). The van der Waals surface area contributed by atoms with E-state index in [1.165, 1.54) is 56.7 Å². The molecule has 19 heavy (non-hydrogen) atoms. The summed E-state index contributed by atoms with van der Waals surface area (Å²) in [6.45, 7) is 0.763. The van der Waals surface area contributed by atoms with Crippen molar-refractivity contribution in [2.75, 3.05) is 11.9 Å². The van der Waals surface area contributed by atoms with Crippen LogP contribution in [0.4, 0.5) is 10.1 Å². The van der Waals surface area contributed by atoms with E-state index in [4.69, 9.17) is 5.73 Å². The summed E-state index contributed by atoms with van der Waals surface area (Å²) in [4.78, 5) is 11.1. The van der Waals surface area contributed by atoms with E-state index in [2.05, 4.69) is 5.32 Å². The van der Waals surface area contributed by atoms with E-state index in [0.717, 1.165) is 6.54 Å². The third-order valence-corrected chi connectivity index (χ3v) is 3.81. The Morgan fingerprint density at radius 2 is 1.95 bits per heavy atom. The molecule has 3 N–H and O–H groups in total. The molecule has 1 aliphatic rings. The van der Waals surface area contributed by atoms with Crippen LogP contribution in [0.1, 0.15) is 48.9 Å². The third kappa shape index (κ3) is 3.94. The van der Waals surface area contributed by atoms with Crippen molar-refractivity contribution in [3.63, 3.8) is 0 Å². The van der Waals surface area contributed by atoms with Crippen LogP contribution in [0, 0.1) is 11.7 Å². The molecule has 1 aliphatic carbocycles. The Balaban J connectivity index is 1.97. The number of amides is 1. The van der Waals surface area contributed by atoms with Gasteiger partial charge in [-0.05, 0) is 37.0 Å². The number of benzene rings is 1. The van der Waals surface area contributed by atoms with Crippen molar-refractivity contribution in [3.8, 4) is 0 Å². The van der Waals surface area contributed by atoms with Crippen molar-refractivity contribution >= 4 is 11.6 Å². The van der Waals surface area contributed by atoms with Crippen LogP contribution < -0.4 is 11.1 Å². The molecule has 0 unspecified atom stereocenters. The number of halogens is 1. The van der Waals surface area contributed by atoms with Crippen LogP contribution in [0.5, 0.6) is 0 Å². The van der Waals surface area contributed by atoms with Gasteiger partial charge in [-0.15, -0.1) is 0 Å². The summed E-state index contributed by atoms with van der Waals surface area (Å²) in [5, 5.41) is 3.12. The van der Waals surface area contributed by atoms with E-state index >= 15 is 0 Å². The highest BCUT2D eigenvalue weighted by molar-refractivity contribution is 5.93.